The van der Waals surface area contributed by atoms with Crippen LogP contribution in [0.3, 0.4) is 0 Å². The predicted octanol–water partition coefficient (Wildman–Crippen LogP) is 0.912. The van der Waals surface area contributed by atoms with Gasteiger partial charge in [0.05, 0.1) is 30.7 Å². The van der Waals surface area contributed by atoms with Crippen LogP contribution in [0.25, 0.3) is 11.0 Å². The standard InChI is InChI=1S/C13H13N5O3/c14-4-3-11(19)15-9-1-2-10(13-12(9)16-21-17-13)18-5-7-20-8-6-18/h1-2H,3,5-8H2,(H,15,19). The zero-order valence-electron chi connectivity index (χ0n) is 11.2. The van der Waals surface area contributed by atoms with E-state index in [0.717, 1.165) is 18.8 Å². The van der Waals surface area contributed by atoms with Crippen molar-refractivity contribution < 1.29 is 14.2 Å². The number of nitrogens with zero attached hydrogens (tertiary/aromatic N) is 4. The highest BCUT2D eigenvalue weighted by atomic mass is 16.6. The highest BCUT2D eigenvalue weighted by Crippen LogP contribution is 2.30. The van der Waals surface area contributed by atoms with Gasteiger partial charge < -0.3 is 15.0 Å². The molecular formula is C13H13N5O3. The second kappa shape index (κ2) is 5.76. The fraction of sp³-hybridized carbons (Fsp3) is 0.385. The summed E-state index contributed by atoms with van der Waals surface area (Å²) in [5.74, 6) is -0.388. The van der Waals surface area contributed by atoms with Gasteiger partial charge in [0, 0.05) is 13.1 Å². The number of amides is 1. The number of benzene rings is 1. The summed E-state index contributed by atoms with van der Waals surface area (Å²) in [5.41, 5.74) is 2.45. The molecule has 21 heavy (non-hydrogen) atoms. The molecule has 2 aromatic rings. The number of hydrogen-bond acceptors (Lipinski definition) is 7. The number of rotatable bonds is 3. The second-order valence-corrected chi connectivity index (χ2v) is 4.58. The average molecular weight is 287 g/mol. The van der Waals surface area contributed by atoms with E-state index in [1.165, 1.54) is 0 Å². The van der Waals surface area contributed by atoms with Gasteiger partial charge in [-0.1, -0.05) is 0 Å². The van der Waals surface area contributed by atoms with Gasteiger partial charge in [0.1, 0.15) is 6.42 Å². The Morgan fingerprint density at radius 1 is 1.33 bits per heavy atom. The maximum atomic E-state index is 11.5. The van der Waals surface area contributed by atoms with Crippen molar-refractivity contribution >= 4 is 28.3 Å². The van der Waals surface area contributed by atoms with E-state index in [0.29, 0.717) is 29.9 Å². The van der Waals surface area contributed by atoms with Crippen molar-refractivity contribution in [3.8, 4) is 6.07 Å². The number of anilines is 2. The highest BCUT2D eigenvalue weighted by Gasteiger charge is 2.19. The second-order valence-electron chi connectivity index (χ2n) is 4.58. The Morgan fingerprint density at radius 2 is 2.10 bits per heavy atom. The van der Waals surface area contributed by atoms with Gasteiger partial charge in [-0.25, -0.2) is 4.63 Å². The van der Waals surface area contributed by atoms with Crippen LogP contribution in [0.1, 0.15) is 6.42 Å². The first-order valence-corrected chi connectivity index (χ1v) is 6.54. The summed E-state index contributed by atoms with van der Waals surface area (Å²) >= 11 is 0. The molecule has 0 aliphatic carbocycles. The lowest BCUT2D eigenvalue weighted by Crippen LogP contribution is -2.36. The molecule has 1 saturated heterocycles. The molecule has 1 aromatic heterocycles. The Hall–Kier alpha value is -2.66. The topological polar surface area (TPSA) is 104 Å². The van der Waals surface area contributed by atoms with E-state index in [2.05, 4.69) is 20.5 Å². The lowest BCUT2D eigenvalue weighted by molar-refractivity contribution is -0.115. The van der Waals surface area contributed by atoms with E-state index in [1.54, 1.807) is 12.1 Å². The largest absolute Gasteiger partial charge is 0.378 e. The first-order chi connectivity index (χ1) is 10.3. The lowest BCUT2D eigenvalue weighted by atomic mass is 10.2. The monoisotopic (exact) mass is 287 g/mol. The molecule has 8 heteroatoms. The quantitative estimate of drug-likeness (QED) is 0.894. The number of hydrogen-bond donors (Lipinski definition) is 1. The predicted molar refractivity (Wildman–Crippen MR) is 73.7 cm³/mol. The summed E-state index contributed by atoms with van der Waals surface area (Å²) in [4.78, 5) is 13.7. The Balaban J connectivity index is 1.93. The van der Waals surface area contributed by atoms with Crippen LogP contribution >= 0.6 is 0 Å². The molecular weight excluding hydrogens is 274 g/mol. The zero-order chi connectivity index (χ0) is 14.7. The molecule has 1 amide bonds. The van der Waals surface area contributed by atoms with Gasteiger partial charge in [-0.2, -0.15) is 5.26 Å². The van der Waals surface area contributed by atoms with Gasteiger partial charge in [-0.15, -0.1) is 0 Å². The molecule has 1 aromatic carbocycles. The van der Waals surface area contributed by atoms with Crippen LogP contribution < -0.4 is 10.2 Å². The molecule has 8 nitrogen and oxygen atoms in total. The molecule has 108 valence electrons. The summed E-state index contributed by atoms with van der Waals surface area (Å²) in [6, 6.07) is 5.40. The summed E-state index contributed by atoms with van der Waals surface area (Å²) in [6.07, 6.45) is -0.210. The van der Waals surface area contributed by atoms with Crippen molar-refractivity contribution in [1.29, 1.82) is 5.26 Å². The molecule has 1 aliphatic heterocycles. The molecule has 1 aliphatic rings. The first kappa shape index (κ1) is 13.3. The van der Waals surface area contributed by atoms with Crippen LogP contribution in [-0.2, 0) is 9.53 Å². The SMILES string of the molecule is N#CCC(=O)Nc1ccc(N2CCOCC2)c2nonc12. The number of nitriles is 1. The van der Waals surface area contributed by atoms with Crippen molar-refractivity contribution in [2.45, 2.75) is 6.42 Å². The normalized spacial score (nSPS) is 14.9. The molecule has 0 bridgehead atoms. The maximum absolute atomic E-state index is 11.5. The van der Waals surface area contributed by atoms with Crippen molar-refractivity contribution in [1.82, 2.24) is 10.3 Å². The van der Waals surface area contributed by atoms with E-state index in [1.807, 2.05) is 6.07 Å². The van der Waals surface area contributed by atoms with E-state index in [-0.39, 0.29) is 12.3 Å². The van der Waals surface area contributed by atoms with E-state index < -0.39 is 0 Å². The van der Waals surface area contributed by atoms with Gasteiger partial charge in [-0.3, -0.25) is 4.79 Å². The van der Waals surface area contributed by atoms with Crippen molar-refractivity contribution in [2.24, 2.45) is 0 Å². The third kappa shape index (κ3) is 2.64. The fourth-order valence-corrected chi connectivity index (χ4v) is 2.28. The molecule has 0 unspecified atom stereocenters. The Bertz CT molecular complexity index is 699. The average Bonchev–Trinajstić information content (AvgIpc) is 2.98. The summed E-state index contributed by atoms with van der Waals surface area (Å²) in [7, 11) is 0. The minimum absolute atomic E-state index is 0.210. The number of morpholine rings is 1. The van der Waals surface area contributed by atoms with Crippen LogP contribution in [0, 0.1) is 11.3 Å². The zero-order valence-corrected chi connectivity index (χ0v) is 11.2. The summed E-state index contributed by atoms with van der Waals surface area (Å²) in [5, 5.41) is 18.9. The molecule has 0 radical (unpaired) electrons. The number of aromatic nitrogens is 2. The number of carbonyl (C=O) groups excluding carboxylic acids is 1. The van der Waals surface area contributed by atoms with Crippen LogP contribution in [0.5, 0.6) is 0 Å². The van der Waals surface area contributed by atoms with Gasteiger partial charge in [0.25, 0.3) is 0 Å². The van der Waals surface area contributed by atoms with Crippen molar-refractivity contribution in [2.75, 3.05) is 36.5 Å². The van der Waals surface area contributed by atoms with E-state index in [4.69, 9.17) is 14.6 Å². The maximum Gasteiger partial charge on any atom is 0.238 e. The highest BCUT2D eigenvalue weighted by molar-refractivity contribution is 6.03. The minimum Gasteiger partial charge on any atom is -0.378 e. The number of ether oxygens (including phenoxy) is 1. The van der Waals surface area contributed by atoms with Gasteiger partial charge in [0.2, 0.25) is 5.91 Å². The van der Waals surface area contributed by atoms with E-state index in [9.17, 15) is 4.79 Å². The van der Waals surface area contributed by atoms with Gasteiger partial charge in [-0.05, 0) is 22.4 Å². The third-order valence-electron chi connectivity index (χ3n) is 3.26. The Labute approximate surface area is 120 Å². The molecule has 1 N–H and O–H groups in total. The molecule has 0 atom stereocenters. The Morgan fingerprint density at radius 3 is 2.86 bits per heavy atom. The molecule has 0 saturated carbocycles. The fourth-order valence-electron chi connectivity index (χ4n) is 2.28. The van der Waals surface area contributed by atoms with Crippen LogP contribution in [0.15, 0.2) is 16.8 Å². The number of carbonyl (C=O) groups is 1. The first-order valence-electron chi connectivity index (χ1n) is 6.54. The van der Waals surface area contributed by atoms with Crippen LogP contribution in [0.4, 0.5) is 11.4 Å². The van der Waals surface area contributed by atoms with Gasteiger partial charge in [0.15, 0.2) is 11.0 Å². The third-order valence-corrected chi connectivity index (χ3v) is 3.26. The van der Waals surface area contributed by atoms with Crippen LogP contribution in [-0.4, -0.2) is 42.5 Å². The van der Waals surface area contributed by atoms with Gasteiger partial charge >= 0.3 is 0 Å². The summed E-state index contributed by atoms with van der Waals surface area (Å²) < 4.78 is 10.1. The summed E-state index contributed by atoms with van der Waals surface area (Å²) in [6.45, 7) is 2.85. The Kier molecular flexibility index (Phi) is 3.66. The molecule has 3 rings (SSSR count). The molecule has 0 spiro atoms. The smallest absolute Gasteiger partial charge is 0.238 e. The van der Waals surface area contributed by atoms with Crippen LogP contribution in [0.2, 0.25) is 0 Å². The molecule has 1 fully saturated rings. The van der Waals surface area contributed by atoms with Crippen molar-refractivity contribution in [3.63, 3.8) is 0 Å². The number of fused-ring (bicyclic) bond motifs is 1. The minimum atomic E-state index is -0.388. The lowest BCUT2D eigenvalue weighted by Gasteiger charge is -2.28. The van der Waals surface area contributed by atoms with E-state index >= 15 is 0 Å². The number of nitrogens with one attached hydrogen (secondary N) is 1. The van der Waals surface area contributed by atoms with Crippen molar-refractivity contribution in [3.05, 3.63) is 12.1 Å². The molecule has 2 heterocycles.